The second-order valence-corrected chi connectivity index (χ2v) is 8.55. The van der Waals surface area contributed by atoms with Crippen molar-refractivity contribution in [2.45, 2.75) is 6.42 Å². The van der Waals surface area contributed by atoms with Crippen LogP contribution in [0.2, 0.25) is 10.0 Å². The average molecular weight is 479 g/mol. The van der Waals surface area contributed by atoms with Gasteiger partial charge in [-0.25, -0.2) is 0 Å². The monoisotopic (exact) mass is 478 g/mol. The number of benzene rings is 2. The summed E-state index contributed by atoms with van der Waals surface area (Å²) >= 11 is 12.8. The molecule has 3 amide bonds. The number of rotatable bonds is 6. The lowest BCUT2D eigenvalue weighted by Gasteiger charge is -2.13. The summed E-state index contributed by atoms with van der Waals surface area (Å²) in [6.45, 7) is 0.369. The van der Waals surface area contributed by atoms with Gasteiger partial charge in [0, 0.05) is 23.1 Å². The molecular formula is C21H16Cl2N2O5S. The van der Waals surface area contributed by atoms with E-state index in [1.165, 1.54) is 0 Å². The van der Waals surface area contributed by atoms with Gasteiger partial charge in [-0.3, -0.25) is 19.3 Å². The van der Waals surface area contributed by atoms with Gasteiger partial charge in [-0.1, -0.05) is 35.3 Å². The van der Waals surface area contributed by atoms with Gasteiger partial charge in [0.25, 0.3) is 11.1 Å². The quantitative estimate of drug-likeness (QED) is 0.628. The lowest BCUT2D eigenvalue weighted by molar-refractivity contribution is -0.124. The van der Waals surface area contributed by atoms with Crippen LogP contribution in [0.3, 0.4) is 0 Å². The molecule has 1 saturated heterocycles. The molecule has 1 fully saturated rings. The molecule has 10 heteroatoms. The lowest BCUT2D eigenvalue weighted by atomic mass is 10.1. The number of halogens is 2. The number of thioether (sulfide) groups is 1. The zero-order valence-electron chi connectivity index (χ0n) is 16.0. The average Bonchev–Trinajstić information content (AvgIpc) is 3.29. The van der Waals surface area contributed by atoms with Gasteiger partial charge < -0.3 is 14.8 Å². The van der Waals surface area contributed by atoms with E-state index < -0.39 is 5.91 Å². The van der Waals surface area contributed by atoms with Crippen molar-refractivity contribution in [3.63, 3.8) is 0 Å². The van der Waals surface area contributed by atoms with Crippen molar-refractivity contribution in [2.75, 3.05) is 19.9 Å². The van der Waals surface area contributed by atoms with Crippen molar-refractivity contribution in [1.82, 2.24) is 10.2 Å². The van der Waals surface area contributed by atoms with E-state index in [2.05, 4.69) is 5.32 Å². The molecule has 2 aromatic carbocycles. The van der Waals surface area contributed by atoms with Crippen LogP contribution in [0.1, 0.15) is 11.1 Å². The summed E-state index contributed by atoms with van der Waals surface area (Å²) in [7, 11) is 0. The molecule has 0 atom stereocenters. The lowest BCUT2D eigenvalue weighted by Crippen LogP contribution is -2.37. The molecule has 2 heterocycles. The Morgan fingerprint density at radius 3 is 2.74 bits per heavy atom. The third-order valence-corrected chi connectivity index (χ3v) is 6.09. The summed E-state index contributed by atoms with van der Waals surface area (Å²) in [5.74, 6) is 0.562. The van der Waals surface area contributed by atoms with Crippen LogP contribution in [0, 0.1) is 0 Å². The maximum atomic E-state index is 12.6. The fourth-order valence-corrected chi connectivity index (χ4v) is 4.40. The minimum Gasteiger partial charge on any atom is -0.454 e. The Morgan fingerprint density at radius 2 is 1.94 bits per heavy atom. The molecule has 0 unspecified atom stereocenters. The highest BCUT2D eigenvalue weighted by Crippen LogP contribution is 2.36. The second-order valence-electron chi connectivity index (χ2n) is 6.71. The number of imide groups is 1. The highest BCUT2D eigenvalue weighted by atomic mass is 35.5. The SMILES string of the molecule is O=C(Cc1ccc(Cl)cc1Cl)NCCN1C(=O)S/C(=C\c2ccc3c(c2)OCO3)C1=O. The van der Waals surface area contributed by atoms with E-state index in [-0.39, 0.29) is 37.4 Å². The Hall–Kier alpha value is -2.68. The Morgan fingerprint density at radius 1 is 1.13 bits per heavy atom. The van der Waals surface area contributed by atoms with Gasteiger partial charge in [-0.2, -0.15) is 0 Å². The first-order valence-corrected chi connectivity index (χ1v) is 10.8. The molecule has 0 spiro atoms. The predicted octanol–water partition coefficient (Wildman–Crippen LogP) is 4.12. The zero-order chi connectivity index (χ0) is 22.0. The summed E-state index contributed by atoms with van der Waals surface area (Å²) in [4.78, 5) is 38.4. The van der Waals surface area contributed by atoms with Gasteiger partial charge in [0.05, 0.1) is 11.3 Å². The third kappa shape index (κ3) is 4.98. The molecule has 160 valence electrons. The normalized spacial score (nSPS) is 16.3. The molecule has 0 bridgehead atoms. The van der Waals surface area contributed by atoms with E-state index in [9.17, 15) is 14.4 Å². The van der Waals surface area contributed by atoms with Crippen molar-refractivity contribution in [3.8, 4) is 11.5 Å². The summed E-state index contributed by atoms with van der Waals surface area (Å²) < 4.78 is 10.6. The van der Waals surface area contributed by atoms with Gasteiger partial charge in [-0.05, 0) is 53.2 Å². The fourth-order valence-electron chi connectivity index (χ4n) is 3.05. The summed E-state index contributed by atoms with van der Waals surface area (Å²) in [5, 5.41) is 3.21. The molecule has 2 aromatic rings. The fraction of sp³-hybridized carbons (Fsp3) is 0.190. The van der Waals surface area contributed by atoms with Crippen LogP contribution < -0.4 is 14.8 Å². The molecule has 2 aliphatic heterocycles. The molecule has 2 aliphatic rings. The molecule has 0 radical (unpaired) electrons. The number of nitrogens with zero attached hydrogens (tertiary/aromatic N) is 1. The van der Waals surface area contributed by atoms with Crippen molar-refractivity contribution in [1.29, 1.82) is 0 Å². The van der Waals surface area contributed by atoms with Gasteiger partial charge in [0.2, 0.25) is 12.7 Å². The molecular weight excluding hydrogens is 463 g/mol. The van der Waals surface area contributed by atoms with Crippen LogP contribution in [0.15, 0.2) is 41.3 Å². The summed E-state index contributed by atoms with van der Waals surface area (Å²) in [6, 6.07) is 10.2. The van der Waals surface area contributed by atoms with E-state index in [0.717, 1.165) is 22.2 Å². The number of ether oxygens (including phenoxy) is 2. The van der Waals surface area contributed by atoms with Crippen LogP contribution in [0.4, 0.5) is 4.79 Å². The molecule has 0 aromatic heterocycles. The second kappa shape index (κ2) is 9.21. The topological polar surface area (TPSA) is 84.9 Å². The molecule has 0 aliphatic carbocycles. The molecule has 1 N–H and O–H groups in total. The predicted molar refractivity (Wildman–Crippen MR) is 118 cm³/mol. The number of carbonyl (C=O) groups excluding carboxylic acids is 3. The van der Waals surface area contributed by atoms with E-state index in [1.54, 1.807) is 42.5 Å². The number of carbonyl (C=O) groups is 3. The Labute approximate surface area is 192 Å². The van der Waals surface area contributed by atoms with E-state index in [0.29, 0.717) is 32.0 Å². The Kier molecular flexibility index (Phi) is 6.41. The van der Waals surface area contributed by atoms with Crippen molar-refractivity contribution >= 4 is 58.1 Å². The van der Waals surface area contributed by atoms with Crippen molar-refractivity contribution in [2.24, 2.45) is 0 Å². The van der Waals surface area contributed by atoms with Crippen LogP contribution in [-0.4, -0.2) is 41.8 Å². The van der Waals surface area contributed by atoms with Gasteiger partial charge in [-0.15, -0.1) is 0 Å². The van der Waals surface area contributed by atoms with E-state index in [4.69, 9.17) is 32.7 Å². The van der Waals surface area contributed by atoms with Gasteiger partial charge in [0.1, 0.15) is 0 Å². The maximum absolute atomic E-state index is 12.6. The summed E-state index contributed by atoms with van der Waals surface area (Å²) in [5.41, 5.74) is 1.37. The largest absolute Gasteiger partial charge is 0.454 e. The number of amides is 3. The molecule has 7 nitrogen and oxygen atoms in total. The van der Waals surface area contributed by atoms with Crippen molar-refractivity contribution in [3.05, 3.63) is 62.5 Å². The number of nitrogens with one attached hydrogen (secondary N) is 1. The number of fused-ring (bicyclic) bond motifs is 1. The first-order valence-electron chi connectivity index (χ1n) is 9.26. The molecule has 0 saturated carbocycles. The third-order valence-electron chi connectivity index (χ3n) is 4.59. The maximum Gasteiger partial charge on any atom is 0.293 e. The smallest absolute Gasteiger partial charge is 0.293 e. The Balaban J connectivity index is 1.32. The van der Waals surface area contributed by atoms with Gasteiger partial charge >= 0.3 is 0 Å². The zero-order valence-corrected chi connectivity index (χ0v) is 18.4. The highest BCUT2D eigenvalue weighted by Gasteiger charge is 2.34. The minimum absolute atomic E-state index is 0.0713. The van der Waals surface area contributed by atoms with E-state index in [1.807, 2.05) is 0 Å². The Bertz CT molecular complexity index is 1110. The van der Waals surface area contributed by atoms with Crippen LogP contribution >= 0.6 is 35.0 Å². The van der Waals surface area contributed by atoms with E-state index >= 15 is 0 Å². The first kappa shape index (κ1) is 21.5. The minimum atomic E-state index is -0.400. The summed E-state index contributed by atoms with van der Waals surface area (Å²) in [6.07, 6.45) is 1.70. The van der Waals surface area contributed by atoms with Crippen LogP contribution in [0.5, 0.6) is 11.5 Å². The van der Waals surface area contributed by atoms with Crippen molar-refractivity contribution < 1.29 is 23.9 Å². The number of hydrogen-bond acceptors (Lipinski definition) is 6. The van der Waals surface area contributed by atoms with Gasteiger partial charge in [0.15, 0.2) is 11.5 Å². The molecule has 31 heavy (non-hydrogen) atoms. The van der Waals surface area contributed by atoms with Crippen LogP contribution in [-0.2, 0) is 16.0 Å². The standard InChI is InChI=1S/C21H16Cl2N2O5S/c22-14-3-2-13(15(23)10-14)9-19(26)24-5-6-25-20(27)18(31-21(25)28)8-12-1-4-16-17(7-12)30-11-29-16/h1-4,7-8,10H,5-6,9,11H2,(H,24,26)/b18-8-. The molecule has 4 rings (SSSR count). The van der Waals surface area contributed by atoms with Crippen LogP contribution in [0.25, 0.3) is 6.08 Å². The highest BCUT2D eigenvalue weighted by molar-refractivity contribution is 8.18. The number of hydrogen-bond donors (Lipinski definition) is 1. The first-order chi connectivity index (χ1) is 14.9.